The Labute approximate surface area is 92.0 Å². The molecule has 0 unspecified atom stereocenters. The number of nitrogens with one attached hydrogen (secondary N) is 1. The second-order valence-electron chi connectivity index (χ2n) is 3.50. The lowest BCUT2D eigenvalue weighted by molar-refractivity contribution is 0.446. The van der Waals surface area contributed by atoms with Gasteiger partial charge in [0.2, 0.25) is 0 Å². The molecule has 0 aliphatic heterocycles. The summed E-state index contributed by atoms with van der Waals surface area (Å²) in [6.45, 7) is 0. The zero-order valence-corrected chi connectivity index (χ0v) is 9.54. The molecule has 70 valence electrons. The van der Waals surface area contributed by atoms with Gasteiger partial charge in [-0.1, -0.05) is 0 Å². The smallest absolute Gasteiger partial charge is 0.0576 e. The molecule has 0 heterocycles. The topological polar surface area (TPSA) is 38.0 Å². The van der Waals surface area contributed by atoms with E-state index in [-0.39, 0.29) is 0 Å². The predicted octanol–water partition coefficient (Wildman–Crippen LogP) is 2.84. The highest BCUT2D eigenvalue weighted by atomic mass is 127. The fourth-order valence-corrected chi connectivity index (χ4v) is 1.95. The second-order valence-corrected chi connectivity index (χ2v) is 4.75. The molecule has 0 amide bonds. The number of nitrogens with two attached hydrogens (primary N) is 1. The average Bonchev–Trinajstić information content (AvgIpc) is 1.99. The molecular formula is C10H13IN2. The van der Waals surface area contributed by atoms with Crippen LogP contribution in [0.5, 0.6) is 0 Å². The first-order valence-corrected chi connectivity index (χ1v) is 5.65. The Balaban J connectivity index is 2.10. The van der Waals surface area contributed by atoms with E-state index in [0.717, 1.165) is 11.4 Å². The minimum absolute atomic E-state index is 0.655. The van der Waals surface area contributed by atoms with Gasteiger partial charge in [0.15, 0.2) is 0 Å². The van der Waals surface area contributed by atoms with Crippen molar-refractivity contribution >= 4 is 34.0 Å². The van der Waals surface area contributed by atoms with Gasteiger partial charge < -0.3 is 11.1 Å². The molecule has 0 atom stereocenters. The van der Waals surface area contributed by atoms with Gasteiger partial charge in [-0.3, -0.25) is 0 Å². The molecular weight excluding hydrogens is 275 g/mol. The van der Waals surface area contributed by atoms with Gasteiger partial charge >= 0.3 is 0 Å². The van der Waals surface area contributed by atoms with E-state index < -0.39 is 0 Å². The van der Waals surface area contributed by atoms with E-state index in [1.807, 2.05) is 6.07 Å². The number of nitrogen functional groups attached to an aromatic ring is 1. The van der Waals surface area contributed by atoms with E-state index in [4.69, 9.17) is 5.73 Å². The quantitative estimate of drug-likeness (QED) is 0.648. The summed E-state index contributed by atoms with van der Waals surface area (Å²) in [5.74, 6) is 0. The number of hydrogen-bond donors (Lipinski definition) is 2. The van der Waals surface area contributed by atoms with E-state index in [0.29, 0.717) is 6.04 Å². The Morgan fingerprint density at radius 2 is 2.15 bits per heavy atom. The molecule has 1 saturated carbocycles. The van der Waals surface area contributed by atoms with Crippen LogP contribution in [0.15, 0.2) is 18.2 Å². The Kier molecular flexibility index (Phi) is 2.62. The standard InChI is InChI=1S/C10H13IN2/c11-7-4-5-10(9(12)6-7)13-8-2-1-3-8/h4-6,8,13H,1-3,12H2. The summed E-state index contributed by atoms with van der Waals surface area (Å²) in [6.07, 6.45) is 3.92. The second kappa shape index (κ2) is 3.74. The summed E-state index contributed by atoms with van der Waals surface area (Å²) in [7, 11) is 0. The molecule has 2 rings (SSSR count). The summed E-state index contributed by atoms with van der Waals surface area (Å²) in [5.41, 5.74) is 7.83. The van der Waals surface area contributed by atoms with Crippen LogP contribution in [-0.2, 0) is 0 Å². The molecule has 0 aromatic heterocycles. The molecule has 1 aliphatic carbocycles. The van der Waals surface area contributed by atoms with Crippen LogP contribution in [0.1, 0.15) is 19.3 Å². The fourth-order valence-electron chi connectivity index (χ4n) is 1.44. The number of benzene rings is 1. The Morgan fingerprint density at radius 1 is 1.38 bits per heavy atom. The molecule has 1 aromatic carbocycles. The van der Waals surface area contributed by atoms with Crippen LogP contribution in [-0.4, -0.2) is 6.04 Å². The Hall–Kier alpha value is -0.450. The van der Waals surface area contributed by atoms with Crippen molar-refractivity contribution in [2.45, 2.75) is 25.3 Å². The van der Waals surface area contributed by atoms with E-state index >= 15 is 0 Å². The van der Waals surface area contributed by atoms with Gasteiger partial charge in [-0.2, -0.15) is 0 Å². The first-order valence-electron chi connectivity index (χ1n) is 4.57. The maximum Gasteiger partial charge on any atom is 0.0576 e. The lowest BCUT2D eigenvalue weighted by Crippen LogP contribution is -2.27. The van der Waals surface area contributed by atoms with Crippen LogP contribution in [0.3, 0.4) is 0 Å². The van der Waals surface area contributed by atoms with Gasteiger partial charge in [0.05, 0.1) is 11.4 Å². The molecule has 3 N–H and O–H groups in total. The van der Waals surface area contributed by atoms with Crippen LogP contribution in [0.2, 0.25) is 0 Å². The molecule has 0 bridgehead atoms. The maximum absolute atomic E-state index is 5.88. The van der Waals surface area contributed by atoms with E-state index in [1.54, 1.807) is 0 Å². The van der Waals surface area contributed by atoms with Crippen molar-refractivity contribution in [1.82, 2.24) is 0 Å². The zero-order chi connectivity index (χ0) is 9.26. The van der Waals surface area contributed by atoms with Crippen molar-refractivity contribution < 1.29 is 0 Å². The third-order valence-electron chi connectivity index (χ3n) is 2.48. The van der Waals surface area contributed by atoms with Crippen LogP contribution >= 0.6 is 22.6 Å². The van der Waals surface area contributed by atoms with Gasteiger partial charge in [0, 0.05) is 9.61 Å². The highest BCUT2D eigenvalue weighted by Gasteiger charge is 2.17. The lowest BCUT2D eigenvalue weighted by Gasteiger charge is -2.28. The Bertz CT molecular complexity index is 308. The first kappa shape index (κ1) is 9.12. The SMILES string of the molecule is Nc1cc(I)ccc1NC1CCC1. The minimum atomic E-state index is 0.655. The van der Waals surface area contributed by atoms with Gasteiger partial charge in [0.1, 0.15) is 0 Å². The van der Waals surface area contributed by atoms with E-state index in [2.05, 4.69) is 40.0 Å². The molecule has 2 nitrogen and oxygen atoms in total. The maximum atomic E-state index is 5.88. The lowest BCUT2D eigenvalue weighted by atomic mass is 9.93. The monoisotopic (exact) mass is 288 g/mol. The first-order chi connectivity index (χ1) is 6.25. The van der Waals surface area contributed by atoms with E-state index in [9.17, 15) is 0 Å². The summed E-state index contributed by atoms with van der Waals surface area (Å²) in [6, 6.07) is 6.80. The normalized spacial score (nSPS) is 16.7. The van der Waals surface area contributed by atoms with Gasteiger partial charge in [0.25, 0.3) is 0 Å². The molecule has 0 saturated heterocycles. The molecule has 1 fully saturated rings. The van der Waals surface area contributed by atoms with Crippen molar-refractivity contribution in [3.63, 3.8) is 0 Å². The fraction of sp³-hybridized carbons (Fsp3) is 0.400. The highest BCUT2D eigenvalue weighted by Crippen LogP contribution is 2.27. The summed E-state index contributed by atoms with van der Waals surface area (Å²) in [4.78, 5) is 0. The number of halogens is 1. The minimum Gasteiger partial charge on any atom is -0.397 e. The molecule has 1 aromatic rings. The van der Waals surface area contributed by atoms with Crippen LogP contribution in [0, 0.1) is 3.57 Å². The summed E-state index contributed by atoms with van der Waals surface area (Å²) >= 11 is 2.27. The van der Waals surface area contributed by atoms with E-state index in [1.165, 1.54) is 22.8 Å². The number of hydrogen-bond acceptors (Lipinski definition) is 2. The van der Waals surface area contributed by atoms with Gasteiger partial charge in [-0.25, -0.2) is 0 Å². The molecule has 0 spiro atoms. The molecule has 0 radical (unpaired) electrons. The van der Waals surface area contributed by atoms with Gasteiger partial charge in [-0.05, 0) is 60.1 Å². The summed E-state index contributed by atoms with van der Waals surface area (Å²) < 4.78 is 1.19. The summed E-state index contributed by atoms with van der Waals surface area (Å²) in [5, 5.41) is 3.45. The number of rotatable bonds is 2. The zero-order valence-electron chi connectivity index (χ0n) is 7.39. The van der Waals surface area contributed by atoms with Gasteiger partial charge in [-0.15, -0.1) is 0 Å². The molecule has 3 heteroatoms. The van der Waals surface area contributed by atoms with Crippen LogP contribution in [0.25, 0.3) is 0 Å². The van der Waals surface area contributed by atoms with Crippen molar-refractivity contribution in [1.29, 1.82) is 0 Å². The Morgan fingerprint density at radius 3 is 2.69 bits per heavy atom. The van der Waals surface area contributed by atoms with Crippen LogP contribution < -0.4 is 11.1 Å². The third kappa shape index (κ3) is 2.07. The average molecular weight is 288 g/mol. The van der Waals surface area contributed by atoms with Crippen molar-refractivity contribution in [2.75, 3.05) is 11.1 Å². The largest absolute Gasteiger partial charge is 0.397 e. The predicted molar refractivity (Wildman–Crippen MR) is 64.8 cm³/mol. The van der Waals surface area contributed by atoms with Crippen molar-refractivity contribution in [3.05, 3.63) is 21.8 Å². The molecule has 1 aliphatic rings. The highest BCUT2D eigenvalue weighted by molar-refractivity contribution is 14.1. The van der Waals surface area contributed by atoms with Crippen LogP contribution in [0.4, 0.5) is 11.4 Å². The molecule has 13 heavy (non-hydrogen) atoms. The number of anilines is 2. The third-order valence-corrected chi connectivity index (χ3v) is 3.15. The van der Waals surface area contributed by atoms with Crippen molar-refractivity contribution in [3.8, 4) is 0 Å². The van der Waals surface area contributed by atoms with Crippen molar-refractivity contribution in [2.24, 2.45) is 0 Å².